The molecule has 3 atom stereocenters. The van der Waals surface area contributed by atoms with Crippen LogP contribution < -0.4 is 0 Å². The van der Waals surface area contributed by atoms with Gasteiger partial charge in [0.25, 0.3) is 0 Å². The van der Waals surface area contributed by atoms with E-state index in [0.29, 0.717) is 12.8 Å². The molecule has 1 aliphatic rings. The fraction of sp³-hybridized carbons (Fsp3) is 0.800. The highest BCUT2D eigenvalue weighted by atomic mass is 16.6. The molecule has 1 saturated carbocycles. The van der Waals surface area contributed by atoms with E-state index in [-0.39, 0.29) is 25.0 Å². The fourth-order valence-corrected chi connectivity index (χ4v) is 3.27. The summed E-state index contributed by atoms with van der Waals surface area (Å²) >= 11 is 0. The predicted molar refractivity (Wildman–Crippen MR) is 96.9 cm³/mol. The molecule has 25 heavy (non-hydrogen) atoms. The molecule has 1 N–H and O–H groups in total. The number of allylic oxidation sites excluding steroid dienone is 1. The zero-order valence-electron chi connectivity index (χ0n) is 16.3. The molecule has 0 bridgehead atoms. The summed E-state index contributed by atoms with van der Waals surface area (Å²) in [5, 5.41) is 10.9. The van der Waals surface area contributed by atoms with Crippen LogP contribution in [0.5, 0.6) is 0 Å². The molecule has 0 amide bonds. The van der Waals surface area contributed by atoms with E-state index in [0.717, 1.165) is 19.3 Å². The van der Waals surface area contributed by atoms with Gasteiger partial charge >= 0.3 is 11.9 Å². The molecule has 1 fully saturated rings. The highest BCUT2D eigenvalue weighted by Crippen LogP contribution is 2.55. The third-order valence-electron chi connectivity index (χ3n) is 5.32. The normalized spacial score (nSPS) is 22.2. The minimum absolute atomic E-state index is 0.118. The van der Waals surface area contributed by atoms with Crippen LogP contribution in [0.1, 0.15) is 66.7 Å². The van der Waals surface area contributed by atoms with Crippen LogP contribution in [-0.4, -0.2) is 35.9 Å². The van der Waals surface area contributed by atoms with Crippen LogP contribution in [-0.2, 0) is 19.1 Å². The van der Waals surface area contributed by atoms with E-state index < -0.39 is 23.0 Å². The van der Waals surface area contributed by atoms with E-state index in [1.54, 1.807) is 26.0 Å². The summed E-state index contributed by atoms with van der Waals surface area (Å²) in [5.41, 5.74) is -2.16. The molecule has 0 radical (unpaired) electrons. The number of aliphatic hydroxyl groups is 1. The van der Waals surface area contributed by atoms with Crippen molar-refractivity contribution >= 4 is 11.9 Å². The molecule has 144 valence electrons. The van der Waals surface area contributed by atoms with Gasteiger partial charge in [-0.25, -0.2) is 0 Å². The molecule has 0 heterocycles. The minimum Gasteiger partial charge on any atom is -0.465 e. The number of rotatable bonds is 11. The van der Waals surface area contributed by atoms with Crippen molar-refractivity contribution in [3.05, 3.63) is 12.2 Å². The molecule has 0 aromatic rings. The Morgan fingerprint density at radius 3 is 2.20 bits per heavy atom. The Morgan fingerprint density at radius 1 is 1.20 bits per heavy atom. The first-order valence-corrected chi connectivity index (χ1v) is 9.58. The number of unbranched alkanes of at least 4 members (excludes halogenated alkanes) is 1. The topological polar surface area (TPSA) is 72.8 Å². The van der Waals surface area contributed by atoms with Gasteiger partial charge in [-0.15, -0.1) is 0 Å². The minimum atomic E-state index is -1.23. The van der Waals surface area contributed by atoms with Crippen molar-refractivity contribution in [1.82, 2.24) is 0 Å². The van der Waals surface area contributed by atoms with Crippen molar-refractivity contribution in [1.29, 1.82) is 0 Å². The zero-order chi connectivity index (χ0) is 19.1. The van der Waals surface area contributed by atoms with Crippen molar-refractivity contribution < 1.29 is 24.2 Å². The van der Waals surface area contributed by atoms with Crippen LogP contribution in [0.4, 0.5) is 0 Å². The second-order valence-electron chi connectivity index (χ2n) is 6.97. The van der Waals surface area contributed by atoms with Gasteiger partial charge in [0.15, 0.2) is 5.41 Å². The Morgan fingerprint density at radius 2 is 1.76 bits per heavy atom. The van der Waals surface area contributed by atoms with E-state index in [2.05, 4.69) is 6.92 Å². The average Bonchev–Trinajstić information content (AvgIpc) is 3.34. The fourth-order valence-electron chi connectivity index (χ4n) is 3.27. The summed E-state index contributed by atoms with van der Waals surface area (Å²) in [7, 11) is 0. The Kier molecular flexibility index (Phi) is 8.13. The molecule has 1 rings (SSSR count). The lowest BCUT2D eigenvalue weighted by molar-refractivity contribution is -0.164. The lowest BCUT2D eigenvalue weighted by Gasteiger charge is -2.30. The number of hydrogen-bond acceptors (Lipinski definition) is 5. The van der Waals surface area contributed by atoms with Gasteiger partial charge in [-0.1, -0.05) is 45.8 Å². The lowest BCUT2D eigenvalue weighted by atomic mass is 9.82. The maximum atomic E-state index is 12.3. The summed E-state index contributed by atoms with van der Waals surface area (Å²) < 4.78 is 10.2. The summed E-state index contributed by atoms with van der Waals surface area (Å²) in [6.45, 7) is 10.0. The molecule has 0 spiro atoms. The predicted octanol–water partition coefficient (Wildman–Crippen LogP) is 3.64. The number of ether oxygens (including phenoxy) is 2. The van der Waals surface area contributed by atoms with Crippen LogP contribution in [0.3, 0.4) is 0 Å². The van der Waals surface area contributed by atoms with Crippen LogP contribution in [0.15, 0.2) is 12.2 Å². The van der Waals surface area contributed by atoms with Gasteiger partial charge in [0, 0.05) is 5.92 Å². The monoisotopic (exact) mass is 354 g/mol. The maximum Gasteiger partial charge on any atom is 0.324 e. The van der Waals surface area contributed by atoms with Gasteiger partial charge in [-0.05, 0) is 39.0 Å². The van der Waals surface area contributed by atoms with Crippen LogP contribution >= 0.6 is 0 Å². The van der Waals surface area contributed by atoms with E-state index >= 15 is 0 Å². The third kappa shape index (κ3) is 4.84. The maximum absolute atomic E-state index is 12.3. The van der Waals surface area contributed by atoms with Crippen molar-refractivity contribution in [2.75, 3.05) is 13.2 Å². The number of carbonyl (C=O) groups excluding carboxylic acids is 2. The van der Waals surface area contributed by atoms with Crippen LogP contribution in [0.2, 0.25) is 0 Å². The second-order valence-corrected chi connectivity index (χ2v) is 6.97. The summed E-state index contributed by atoms with van der Waals surface area (Å²) in [6, 6.07) is 0. The third-order valence-corrected chi connectivity index (χ3v) is 5.32. The van der Waals surface area contributed by atoms with Gasteiger partial charge in [0.2, 0.25) is 0 Å². The van der Waals surface area contributed by atoms with Crippen LogP contribution in [0, 0.1) is 17.3 Å². The molecular formula is C20H34O5. The van der Waals surface area contributed by atoms with Gasteiger partial charge in [-0.3, -0.25) is 9.59 Å². The Hall–Kier alpha value is -1.36. The lowest BCUT2D eigenvalue weighted by Crippen LogP contribution is -2.34. The molecule has 0 aromatic heterocycles. The van der Waals surface area contributed by atoms with Crippen molar-refractivity contribution in [3.8, 4) is 0 Å². The first-order valence-electron chi connectivity index (χ1n) is 9.58. The SMILES string of the molecule is CCCCC(C)C(O)(/C=C/C1CC1(C(=O)OCC)C(=O)OCC)CC. The Balaban J connectivity index is 2.90. The zero-order valence-corrected chi connectivity index (χ0v) is 16.3. The number of hydrogen-bond donors (Lipinski definition) is 1. The van der Waals surface area contributed by atoms with E-state index in [1.807, 2.05) is 13.8 Å². The molecule has 5 nitrogen and oxygen atoms in total. The molecular weight excluding hydrogens is 320 g/mol. The van der Waals surface area contributed by atoms with Gasteiger partial charge in [0.1, 0.15) is 0 Å². The smallest absolute Gasteiger partial charge is 0.324 e. The highest BCUT2D eigenvalue weighted by Gasteiger charge is 2.67. The molecule has 1 aliphatic carbocycles. The summed E-state index contributed by atoms with van der Waals surface area (Å²) in [5.74, 6) is -1.21. The molecule has 0 saturated heterocycles. The quantitative estimate of drug-likeness (QED) is 0.348. The standard InChI is InChI=1S/C20H34O5/c1-6-10-11-15(5)19(23,7-2)13-12-16-14-20(16,17(21)24-8-3)18(22)25-9-4/h12-13,15-16,23H,6-11,14H2,1-5H3/b13-12+. The van der Waals surface area contributed by atoms with Crippen molar-refractivity contribution in [2.24, 2.45) is 17.3 Å². The van der Waals surface area contributed by atoms with E-state index in [9.17, 15) is 14.7 Å². The first kappa shape index (κ1) is 21.7. The van der Waals surface area contributed by atoms with E-state index in [1.165, 1.54) is 0 Å². The number of carbonyl (C=O) groups is 2. The molecule has 0 aliphatic heterocycles. The molecule has 5 heteroatoms. The number of esters is 2. The summed E-state index contributed by atoms with van der Waals surface area (Å²) in [6.07, 6.45) is 7.65. The van der Waals surface area contributed by atoms with Crippen molar-refractivity contribution in [3.63, 3.8) is 0 Å². The second kappa shape index (κ2) is 9.37. The van der Waals surface area contributed by atoms with Crippen molar-refractivity contribution in [2.45, 2.75) is 72.3 Å². The molecule has 3 unspecified atom stereocenters. The van der Waals surface area contributed by atoms with Gasteiger partial charge in [-0.2, -0.15) is 0 Å². The highest BCUT2D eigenvalue weighted by molar-refractivity contribution is 6.04. The Labute approximate surface area is 151 Å². The van der Waals surface area contributed by atoms with E-state index in [4.69, 9.17) is 9.47 Å². The largest absolute Gasteiger partial charge is 0.465 e. The average molecular weight is 354 g/mol. The van der Waals surface area contributed by atoms with Gasteiger partial charge < -0.3 is 14.6 Å². The van der Waals surface area contributed by atoms with Gasteiger partial charge in [0.05, 0.1) is 18.8 Å². The Bertz CT molecular complexity index is 466. The van der Waals surface area contributed by atoms with Crippen LogP contribution in [0.25, 0.3) is 0 Å². The summed E-state index contributed by atoms with van der Waals surface area (Å²) in [4.78, 5) is 24.6. The first-order chi connectivity index (χ1) is 11.8. The molecule has 0 aromatic carbocycles.